The molecule has 0 amide bonds. The molecule has 2 aromatic carbocycles. The van der Waals surface area contributed by atoms with Gasteiger partial charge in [0.1, 0.15) is 11.8 Å². The number of methoxy groups -OCH3 is 1. The maximum atomic E-state index is 12.5. The number of ether oxygens (including phenoxy) is 2. The van der Waals surface area contributed by atoms with E-state index in [9.17, 15) is 18.5 Å². The molecule has 188 valence electrons. The molecule has 0 radical (unpaired) electrons. The summed E-state index contributed by atoms with van der Waals surface area (Å²) in [6, 6.07) is 12.4. The van der Waals surface area contributed by atoms with Crippen LogP contribution in [-0.2, 0) is 26.0 Å². The molecule has 1 aliphatic carbocycles. The Kier molecular flexibility index (Phi) is 7.37. The van der Waals surface area contributed by atoms with Crippen LogP contribution in [0.5, 0.6) is 5.75 Å². The van der Waals surface area contributed by atoms with Gasteiger partial charge in [0.25, 0.3) is 5.89 Å². The van der Waals surface area contributed by atoms with Gasteiger partial charge in [0.05, 0.1) is 31.0 Å². The highest BCUT2D eigenvalue weighted by atomic mass is 32.2. The normalized spacial score (nSPS) is 14.9. The molecule has 3 aromatic rings. The molecule has 36 heavy (non-hydrogen) atoms. The molecule has 1 aromatic heterocycles. The van der Waals surface area contributed by atoms with Crippen molar-refractivity contribution in [2.45, 2.75) is 45.3 Å². The van der Waals surface area contributed by atoms with Crippen LogP contribution in [0.2, 0.25) is 0 Å². The van der Waals surface area contributed by atoms with Gasteiger partial charge in [-0.3, -0.25) is 4.79 Å². The fraction of sp³-hybridized carbons (Fsp3) is 0.360. The number of rotatable bonds is 9. The van der Waals surface area contributed by atoms with Gasteiger partial charge in [-0.05, 0) is 56.0 Å². The molecule has 1 N–H and O–H groups in total. The number of fused-ring (bicyclic) bond motifs is 1. The Bertz CT molecular complexity index is 1420. The average molecular weight is 511 g/mol. The van der Waals surface area contributed by atoms with E-state index in [0.29, 0.717) is 35.5 Å². The lowest BCUT2D eigenvalue weighted by atomic mass is 10.0. The van der Waals surface area contributed by atoms with E-state index < -0.39 is 22.0 Å². The smallest absolute Gasteiger partial charge is 0.306 e. The molecule has 1 aliphatic rings. The average Bonchev–Trinajstić information content (AvgIpc) is 3.50. The molecule has 0 saturated carbocycles. The highest BCUT2D eigenvalue weighted by molar-refractivity contribution is 7.89. The van der Waals surface area contributed by atoms with E-state index in [-0.39, 0.29) is 24.2 Å². The van der Waals surface area contributed by atoms with Crippen LogP contribution in [-0.4, -0.2) is 43.5 Å². The van der Waals surface area contributed by atoms with E-state index in [1.54, 1.807) is 18.2 Å². The van der Waals surface area contributed by atoms with Crippen LogP contribution in [0.25, 0.3) is 22.8 Å². The Hall–Kier alpha value is -3.75. The van der Waals surface area contributed by atoms with Crippen LogP contribution < -0.4 is 9.46 Å². The van der Waals surface area contributed by atoms with Gasteiger partial charge in [0.15, 0.2) is 0 Å². The molecule has 0 aliphatic heterocycles. The molecule has 0 bridgehead atoms. The van der Waals surface area contributed by atoms with Crippen molar-refractivity contribution in [2.75, 3.05) is 12.9 Å². The SMILES string of the molecule is COC(=O)CCS(=O)(=O)N[C@H]1CCc2c(-c3noc(-c4ccc(OC(C)C)c(C#N)c4)n3)cccc21. The van der Waals surface area contributed by atoms with Crippen LogP contribution in [0.15, 0.2) is 40.9 Å². The minimum atomic E-state index is -3.68. The number of hydrogen-bond donors (Lipinski definition) is 1. The zero-order chi connectivity index (χ0) is 25.9. The number of nitrogens with zero attached hydrogens (tertiary/aromatic N) is 3. The van der Waals surface area contributed by atoms with Crippen molar-refractivity contribution in [2.24, 2.45) is 0 Å². The highest BCUT2D eigenvalue weighted by Gasteiger charge is 2.30. The van der Waals surface area contributed by atoms with E-state index in [1.165, 1.54) is 7.11 Å². The maximum absolute atomic E-state index is 12.5. The predicted octanol–water partition coefficient (Wildman–Crippen LogP) is 3.53. The third-order valence-corrected chi connectivity index (χ3v) is 7.16. The second kappa shape index (κ2) is 10.5. The van der Waals surface area contributed by atoms with Crippen molar-refractivity contribution in [3.63, 3.8) is 0 Å². The van der Waals surface area contributed by atoms with Gasteiger partial charge in [-0.15, -0.1) is 0 Å². The van der Waals surface area contributed by atoms with Gasteiger partial charge in [-0.2, -0.15) is 10.2 Å². The molecule has 1 heterocycles. The number of sulfonamides is 1. The van der Waals surface area contributed by atoms with Gasteiger partial charge in [0, 0.05) is 17.2 Å². The largest absolute Gasteiger partial charge is 0.490 e. The summed E-state index contributed by atoms with van der Waals surface area (Å²) in [6.07, 6.45) is 0.908. The summed E-state index contributed by atoms with van der Waals surface area (Å²) in [4.78, 5) is 15.9. The standard InChI is InChI=1S/C25H26N4O6S/c1-15(2)34-22-10-7-16(13-17(22)14-26)25-27-24(28-35-25)20-6-4-5-19-18(20)8-9-21(19)29-36(31,32)12-11-23(30)33-3/h4-7,10,13,15,21,29H,8-9,11-12H2,1-3H3/t21-/m0/s1. The van der Waals surface area contributed by atoms with E-state index in [4.69, 9.17) is 9.26 Å². The molecule has 1 atom stereocenters. The summed E-state index contributed by atoms with van der Waals surface area (Å²) in [6.45, 7) is 3.77. The summed E-state index contributed by atoms with van der Waals surface area (Å²) in [5, 5.41) is 13.6. The second-order valence-corrected chi connectivity index (χ2v) is 10.5. The van der Waals surface area contributed by atoms with Crippen molar-refractivity contribution in [3.8, 4) is 34.7 Å². The minimum absolute atomic E-state index is 0.0701. The molecular weight excluding hydrogens is 484 g/mol. The quantitative estimate of drug-likeness (QED) is 0.427. The lowest BCUT2D eigenvalue weighted by molar-refractivity contribution is -0.140. The summed E-state index contributed by atoms with van der Waals surface area (Å²) in [5.74, 6) is 0.194. The number of carbonyl (C=O) groups is 1. The maximum Gasteiger partial charge on any atom is 0.306 e. The number of aromatic nitrogens is 2. The van der Waals surface area contributed by atoms with Crippen molar-refractivity contribution in [3.05, 3.63) is 53.1 Å². The van der Waals surface area contributed by atoms with Crippen LogP contribution >= 0.6 is 0 Å². The van der Waals surface area contributed by atoms with Gasteiger partial charge in [0.2, 0.25) is 15.8 Å². The molecule has 0 fully saturated rings. The number of hydrogen-bond acceptors (Lipinski definition) is 9. The Morgan fingerprint density at radius 3 is 2.83 bits per heavy atom. The third kappa shape index (κ3) is 5.56. The molecule has 10 nitrogen and oxygen atoms in total. The number of nitrogens with one attached hydrogen (secondary N) is 1. The Morgan fingerprint density at radius 2 is 2.11 bits per heavy atom. The predicted molar refractivity (Wildman–Crippen MR) is 130 cm³/mol. The molecule has 0 unspecified atom stereocenters. The first-order valence-corrected chi connectivity index (χ1v) is 13.1. The van der Waals surface area contributed by atoms with E-state index >= 15 is 0 Å². The Balaban J connectivity index is 1.56. The number of carbonyl (C=O) groups excluding carboxylic acids is 1. The topological polar surface area (TPSA) is 144 Å². The monoisotopic (exact) mass is 510 g/mol. The Morgan fingerprint density at radius 1 is 1.31 bits per heavy atom. The first-order chi connectivity index (χ1) is 17.2. The van der Waals surface area contributed by atoms with Crippen LogP contribution in [0.4, 0.5) is 0 Å². The van der Waals surface area contributed by atoms with Gasteiger partial charge in [-0.1, -0.05) is 23.4 Å². The molecular formula is C25H26N4O6S. The third-order valence-electron chi connectivity index (χ3n) is 5.77. The lowest BCUT2D eigenvalue weighted by Gasteiger charge is -2.14. The van der Waals surface area contributed by atoms with E-state index in [2.05, 4.69) is 25.7 Å². The summed E-state index contributed by atoms with van der Waals surface area (Å²) < 4.78 is 43.3. The summed E-state index contributed by atoms with van der Waals surface area (Å²) >= 11 is 0. The van der Waals surface area contributed by atoms with Crippen molar-refractivity contribution >= 4 is 16.0 Å². The minimum Gasteiger partial charge on any atom is -0.490 e. The van der Waals surface area contributed by atoms with Crippen LogP contribution in [0.3, 0.4) is 0 Å². The molecule has 0 saturated heterocycles. The van der Waals surface area contributed by atoms with Gasteiger partial charge < -0.3 is 14.0 Å². The van der Waals surface area contributed by atoms with E-state index in [1.807, 2.05) is 32.0 Å². The zero-order valence-electron chi connectivity index (χ0n) is 20.1. The Labute approximate surface area is 209 Å². The summed E-state index contributed by atoms with van der Waals surface area (Å²) in [7, 11) is -2.46. The zero-order valence-corrected chi connectivity index (χ0v) is 21.0. The van der Waals surface area contributed by atoms with Crippen LogP contribution in [0.1, 0.15) is 49.4 Å². The fourth-order valence-corrected chi connectivity index (χ4v) is 5.37. The molecule has 4 rings (SSSR count). The lowest BCUT2D eigenvalue weighted by Crippen LogP contribution is -2.30. The number of esters is 1. The van der Waals surface area contributed by atoms with Gasteiger partial charge in [-0.25, -0.2) is 13.1 Å². The van der Waals surface area contributed by atoms with Gasteiger partial charge >= 0.3 is 5.97 Å². The molecule has 0 spiro atoms. The first-order valence-electron chi connectivity index (χ1n) is 11.4. The fourth-order valence-electron chi connectivity index (χ4n) is 4.14. The number of benzene rings is 2. The van der Waals surface area contributed by atoms with Crippen molar-refractivity contribution < 1.29 is 27.2 Å². The van der Waals surface area contributed by atoms with E-state index in [0.717, 1.165) is 16.7 Å². The van der Waals surface area contributed by atoms with Crippen LogP contribution in [0, 0.1) is 11.3 Å². The second-order valence-electron chi connectivity index (χ2n) is 8.64. The molecule has 11 heteroatoms. The van der Waals surface area contributed by atoms with Crippen molar-refractivity contribution in [1.29, 1.82) is 5.26 Å². The number of nitriles is 1. The van der Waals surface area contributed by atoms with Crippen molar-refractivity contribution in [1.82, 2.24) is 14.9 Å². The first kappa shape index (κ1) is 25.3. The highest BCUT2D eigenvalue weighted by Crippen LogP contribution is 2.38. The summed E-state index contributed by atoms with van der Waals surface area (Å²) in [5.41, 5.74) is 3.47.